The molecule has 0 bridgehead atoms. The summed E-state index contributed by atoms with van der Waals surface area (Å²) in [6, 6.07) is 16.6. The maximum atomic E-state index is 12.8. The molecule has 0 saturated carbocycles. The van der Waals surface area contributed by atoms with Crippen LogP contribution in [0, 0.1) is 0 Å². The summed E-state index contributed by atoms with van der Waals surface area (Å²) in [6.45, 7) is 0.289. The second kappa shape index (κ2) is 7.13. The Kier molecular flexibility index (Phi) is 4.52. The predicted octanol–water partition coefficient (Wildman–Crippen LogP) is 2.59. The first kappa shape index (κ1) is 17.1. The highest BCUT2D eigenvalue weighted by Gasteiger charge is 2.16. The molecule has 4 aromatic rings. The molecule has 2 aromatic carbocycles. The normalized spacial score (nSPS) is 11.8. The number of aromatic nitrogens is 3. The van der Waals surface area contributed by atoms with E-state index in [4.69, 9.17) is 0 Å². The van der Waals surface area contributed by atoms with E-state index in [1.807, 2.05) is 49.0 Å². The highest BCUT2D eigenvalue weighted by molar-refractivity contribution is 7.07. The monoisotopic (exact) mass is 376 g/mol. The minimum atomic E-state index is -0.467. The molecular weight excluding hydrogens is 360 g/mol. The fourth-order valence-electron chi connectivity index (χ4n) is 2.83. The molecule has 0 fully saturated rings. The molecule has 0 radical (unpaired) electrons. The van der Waals surface area contributed by atoms with Crippen molar-refractivity contribution in [1.29, 1.82) is 0 Å². The fourth-order valence-corrected chi connectivity index (χ4v) is 3.56. The molecule has 27 heavy (non-hydrogen) atoms. The van der Waals surface area contributed by atoms with Crippen molar-refractivity contribution in [1.82, 2.24) is 14.3 Å². The summed E-state index contributed by atoms with van der Waals surface area (Å²) in [5, 5.41) is 7.19. The summed E-state index contributed by atoms with van der Waals surface area (Å²) in [4.78, 5) is 30.4. The van der Waals surface area contributed by atoms with Gasteiger partial charge in [0.1, 0.15) is 0 Å². The molecule has 0 unspecified atom stereocenters. The van der Waals surface area contributed by atoms with Crippen LogP contribution in [0.2, 0.25) is 0 Å². The number of aryl methyl sites for hydroxylation is 1. The van der Waals surface area contributed by atoms with Crippen molar-refractivity contribution in [3.05, 3.63) is 92.6 Å². The Hall–Kier alpha value is -3.32. The molecule has 134 valence electrons. The number of hydrogen-bond acceptors (Lipinski definition) is 4. The maximum Gasteiger partial charge on any atom is 0.300 e. The van der Waals surface area contributed by atoms with Crippen molar-refractivity contribution in [2.75, 3.05) is 0 Å². The largest absolute Gasteiger partial charge is 0.327 e. The summed E-state index contributed by atoms with van der Waals surface area (Å²) in [5.41, 5.74) is 0.879. The van der Waals surface area contributed by atoms with Gasteiger partial charge in [0.05, 0.1) is 11.9 Å². The van der Waals surface area contributed by atoms with Crippen LogP contribution in [0.4, 0.5) is 0 Å². The second-order valence-electron chi connectivity index (χ2n) is 6.06. The highest BCUT2D eigenvalue weighted by Crippen LogP contribution is 2.15. The topological polar surface area (TPSA) is 69.2 Å². The van der Waals surface area contributed by atoms with Crippen molar-refractivity contribution >= 4 is 28.0 Å². The van der Waals surface area contributed by atoms with Gasteiger partial charge in [0, 0.05) is 24.0 Å². The molecule has 0 spiro atoms. The zero-order chi connectivity index (χ0) is 18.8. The summed E-state index contributed by atoms with van der Waals surface area (Å²) < 4.78 is 3.10. The Labute approximate surface area is 158 Å². The number of hydrogen-bond donors (Lipinski definition) is 0. The first-order valence-corrected chi connectivity index (χ1v) is 9.24. The Bertz CT molecular complexity index is 1250. The molecule has 6 nitrogen and oxygen atoms in total. The standard InChI is InChI=1S/C20H16N4O2S/c1-23-11-12-27-20(23)21-18(25)17-15-9-5-6-10-16(15)19(26)24(22-17)13-14-7-3-2-4-8-14/h2-12H,13H2,1H3. The van der Waals surface area contributed by atoms with Crippen LogP contribution >= 0.6 is 11.3 Å². The van der Waals surface area contributed by atoms with Crippen LogP contribution in [0.25, 0.3) is 10.8 Å². The van der Waals surface area contributed by atoms with E-state index in [2.05, 4.69) is 10.1 Å². The number of benzene rings is 2. The number of carbonyl (C=O) groups is 1. The zero-order valence-electron chi connectivity index (χ0n) is 14.6. The molecule has 0 N–H and O–H groups in total. The van der Waals surface area contributed by atoms with Gasteiger partial charge in [-0.15, -0.1) is 11.3 Å². The Morgan fingerprint density at radius 2 is 1.78 bits per heavy atom. The van der Waals surface area contributed by atoms with Crippen LogP contribution in [0.15, 0.2) is 76.0 Å². The van der Waals surface area contributed by atoms with Crippen molar-refractivity contribution in [2.45, 2.75) is 6.54 Å². The molecule has 2 aromatic heterocycles. The zero-order valence-corrected chi connectivity index (χ0v) is 15.4. The summed E-state index contributed by atoms with van der Waals surface area (Å²) in [5.74, 6) is -0.467. The van der Waals surface area contributed by atoms with E-state index < -0.39 is 5.91 Å². The number of rotatable bonds is 3. The number of fused-ring (bicyclic) bond motifs is 1. The molecule has 0 aliphatic rings. The third kappa shape index (κ3) is 3.37. The quantitative estimate of drug-likeness (QED) is 0.552. The lowest BCUT2D eigenvalue weighted by atomic mass is 10.1. The van der Waals surface area contributed by atoms with Crippen LogP contribution in [0.3, 0.4) is 0 Å². The van der Waals surface area contributed by atoms with Gasteiger partial charge in [0.15, 0.2) is 10.5 Å². The molecule has 4 rings (SSSR count). The second-order valence-corrected chi connectivity index (χ2v) is 6.93. The summed E-state index contributed by atoms with van der Waals surface area (Å²) in [7, 11) is 1.82. The number of nitrogens with zero attached hydrogens (tertiary/aromatic N) is 4. The first-order valence-electron chi connectivity index (χ1n) is 8.36. The molecule has 0 aliphatic heterocycles. The van der Waals surface area contributed by atoms with Gasteiger partial charge in [-0.05, 0) is 11.6 Å². The Balaban J connectivity index is 1.89. The van der Waals surface area contributed by atoms with Gasteiger partial charge in [0.25, 0.3) is 5.56 Å². The van der Waals surface area contributed by atoms with Crippen LogP contribution in [-0.4, -0.2) is 20.3 Å². The average molecular weight is 376 g/mol. The van der Waals surface area contributed by atoms with Crippen LogP contribution in [0.5, 0.6) is 0 Å². The van der Waals surface area contributed by atoms with Gasteiger partial charge in [-0.1, -0.05) is 48.5 Å². The molecular formula is C20H16N4O2S. The van der Waals surface area contributed by atoms with Crippen LogP contribution < -0.4 is 10.4 Å². The lowest BCUT2D eigenvalue weighted by molar-refractivity contribution is 0.0992. The third-order valence-electron chi connectivity index (χ3n) is 4.20. The number of thiazole rings is 1. The average Bonchev–Trinajstić information content (AvgIpc) is 3.09. The van der Waals surface area contributed by atoms with E-state index in [9.17, 15) is 9.59 Å². The summed E-state index contributed by atoms with van der Waals surface area (Å²) >= 11 is 1.37. The van der Waals surface area contributed by atoms with Gasteiger partial charge in [-0.25, -0.2) is 4.68 Å². The van der Waals surface area contributed by atoms with E-state index in [-0.39, 0.29) is 17.8 Å². The molecule has 0 saturated heterocycles. The lowest BCUT2D eigenvalue weighted by Crippen LogP contribution is -2.26. The van der Waals surface area contributed by atoms with Gasteiger partial charge >= 0.3 is 5.91 Å². The third-order valence-corrected chi connectivity index (χ3v) is 5.05. The lowest BCUT2D eigenvalue weighted by Gasteiger charge is -2.09. The van der Waals surface area contributed by atoms with Gasteiger partial charge in [-0.3, -0.25) is 9.59 Å². The van der Waals surface area contributed by atoms with E-state index in [0.29, 0.717) is 15.6 Å². The van der Waals surface area contributed by atoms with Crippen molar-refractivity contribution in [2.24, 2.45) is 12.0 Å². The first-order chi connectivity index (χ1) is 13.1. The van der Waals surface area contributed by atoms with Gasteiger partial charge in [0.2, 0.25) is 0 Å². The molecule has 1 amide bonds. The predicted molar refractivity (Wildman–Crippen MR) is 105 cm³/mol. The minimum Gasteiger partial charge on any atom is -0.327 e. The number of amides is 1. The van der Waals surface area contributed by atoms with Gasteiger partial charge in [-0.2, -0.15) is 10.1 Å². The fraction of sp³-hybridized carbons (Fsp3) is 0.100. The Morgan fingerprint density at radius 1 is 1.07 bits per heavy atom. The van der Waals surface area contributed by atoms with Crippen LogP contribution in [-0.2, 0) is 13.6 Å². The van der Waals surface area contributed by atoms with Crippen LogP contribution in [0.1, 0.15) is 16.1 Å². The molecule has 7 heteroatoms. The van der Waals surface area contributed by atoms with E-state index in [1.54, 1.807) is 28.8 Å². The van der Waals surface area contributed by atoms with E-state index >= 15 is 0 Å². The molecule has 2 heterocycles. The number of carbonyl (C=O) groups excluding carboxylic acids is 1. The summed E-state index contributed by atoms with van der Waals surface area (Å²) in [6.07, 6.45) is 1.83. The maximum absolute atomic E-state index is 12.8. The smallest absolute Gasteiger partial charge is 0.300 e. The highest BCUT2D eigenvalue weighted by atomic mass is 32.1. The van der Waals surface area contributed by atoms with Crippen molar-refractivity contribution in [3.8, 4) is 0 Å². The van der Waals surface area contributed by atoms with Crippen molar-refractivity contribution in [3.63, 3.8) is 0 Å². The van der Waals surface area contributed by atoms with E-state index in [1.165, 1.54) is 16.0 Å². The minimum absolute atomic E-state index is 0.175. The Morgan fingerprint density at radius 3 is 2.48 bits per heavy atom. The molecule has 0 atom stereocenters. The molecule has 0 aliphatic carbocycles. The van der Waals surface area contributed by atoms with E-state index in [0.717, 1.165) is 5.56 Å². The van der Waals surface area contributed by atoms with Gasteiger partial charge < -0.3 is 4.57 Å². The SMILES string of the molecule is Cn1ccsc1=NC(=O)c1nn(Cc2ccccc2)c(=O)c2ccccc12. The van der Waals surface area contributed by atoms with Crippen molar-refractivity contribution < 1.29 is 4.79 Å².